The minimum atomic E-state index is 0.142. The molecule has 86 valence electrons. The van der Waals surface area contributed by atoms with Crippen LogP contribution in [0.25, 0.3) is 0 Å². The van der Waals surface area contributed by atoms with Crippen LogP contribution in [0.15, 0.2) is 48.8 Å². The molecule has 0 aliphatic rings. The number of nitrogens with zero attached hydrogens (tertiary/aromatic N) is 1. The zero-order valence-electron chi connectivity index (χ0n) is 9.34. The van der Waals surface area contributed by atoms with Crippen LogP contribution in [-0.2, 0) is 17.6 Å². The molecule has 0 saturated carbocycles. The Morgan fingerprint density at radius 2 is 1.76 bits per heavy atom. The summed E-state index contributed by atoms with van der Waals surface area (Å²) in [6.07, 6.45) is 4.17. The number of Topliss-reactive ketones (excluding diaryl/α,β-unsaturated/α-hetero) is 1. The Kier molecular flexibility index (Phi) is 3.50. The van der Waals surface area contributed by atoms with Gasteiger partial charge in [-0.3, -0.25) is 9.78 Å². The molecular formula is C14H13NO2. The lowest BCUT2D eigenvalue weighted by molar-refractivity contribution is -0.117. The summed E-state index contributed by atoms with van der Waals surface area (Å²) in [6.45, 7) is 0. The lowest BCUT2D eigenvalue weighted by Crippen LogP contribution is -2.06. The van der Waals surface area contributed by atoms with Gasteiger partial charge in [-0.15, -0.1) is 0 Å². The topological polar surface area (TPSA) is 50.2 Å². The number of aromatic hydroxyl groups is 1. The number of hydrogen-bond acceptors (Lipinski definition) is 3. The summed E-state index contributed by atoms with van der Waals surface area (Å²) in [5.41, 5.74) is 1.84. The molecule has 17 heavy (non-hydrogen) atoms. The summed E-state index contributed by atoms with van der Waals surface area (Å²) in [5, 5.41) is 9.13. The van der Waals surface area contributed by atoms with Gasteiger partial charge < -0.3 is 5.11 Å². The first-order valence-electron chi connectivity index (χ1n) is 5.42. The van der Waals surface area contributed by atoms with Crippen LogP contribution in [0, 0.1) is 0 Å². The van der Waals surface area contributed by atoms with Crippen molar-refractivity contribution in [2.24, 2.45) is 0 Å². The second kappa shape index (κ2) is 5.25. The Labute approximate surface area is 99.8 Å². The lowest BCUT2D eigenvalue weighted by atomic mass is 10.0. The van der Waals surface area contributed by atoms with E-state index in [1.165, 1.54) is 0 Å². The fourth-order valence-electron chi connectivity index (χ4n) is 1.63. The van der Waals surface area contributed by atoms with Crippen molar-refractivity contribution in [2.75, 3.05) is 0 Å². The maximum atomic E-state index is 11.8. The second-order valence-electron chi connectivity index (χ2n) is 3.92. The molecule has 0 fully saturated rings. The van der Waals surface area contributed by atoms with Crippen LogP contribution in [0.4, 0.5) is 0 Å². The van der Waals surface area contributed by atoms with Crippen LogP contribution in [-0.4, -0.2) is 15.9 Å². The molecule has 1 heterocycles. The fraction of sp³-hybridized carbons (Fsp3) is 0.143. The monoisotopic (exact) mass is 227 g/mol. The third kappa shape index (κ3) is 3.41. The highest BCUT2D eigenvalue weighted by Crippen LogP contribution is 2.11. The molecule has 1 aromatic heterocycles. The highest BCUT2D eigenvalue weighted by atomic mass is 16.3. The van der Waals surface area contributed by atoms with E-state index in [4.69, 9.17) is 5.11 Å². The third-order valence-corrected chi connectivity index (χ3v) is 2.46. The van der Waals surface area contributed by atoms with E-state index in [2.05, 4.69) is 4.98 Å². The Balaban J connectivity index is 1.96. The van der Waals surface area contributed by atoms with Crippen LogP contribution in [0.3, 0.4) is 0 Å². The van der Waals surface area contributed by atoms with Gasteiger partial charge in [0, 0.05) is 25.2 Å². The standard InChI is InChI=1S/C14H13NO2/c16-13-5-3-11(4-6-13)8-14(17)9-12-2-1-7-15-10-12/h1-7,10,16H,8-9H2. The van der Waals surface area contributed by atoms with Gasteiger partial charge in [-0.1, -0.05) is 18.2 Å². The fourth-order valence-corrected chi connectivity index (χ4v) is 1.63. The summed E-state index contributed by atoms with van der Waals surface area (Å²) in [7, 11) is 0. The van der Waals surface area contributed by atoms with Crippen LogP contribution < -0.4 is 0 Å². The van der Waals surface area contributed by atoms with Crippen LogP contribution in [0.5, 0.6) is 5.75 Å². The summed E-state index contributed by atoms with van der Waals surface area (Å²) < 4.78 is 0. The van der Waals surface area contributed by atoms with Crippen LogP contribution in [0.1, 0.15) is 11.1 Å². The molecule has 2 rings (SSSR count). The number of phenols is 1. The summed E-state index contributed by atoms with van der Waals surface area (Å²) in [5.74, 6) is 0.358. The quantitative estimate of drug-likeness (QED) is 0.870. The number of hydrogen-bond donors (Lipinski definition) is 1. The van der Waals surface area contributed by atoms with Crippen molar-refractivity contribution in [2.45, 2.75) is 12.8 Å². The molecule has 0 atom stereocenters. The minimum Gasteiger partial charge on any atom is -0.508 e. The highest BCUT2D eigenvalue weighted by Gasteiger charge is 2.05. The molecule has 0 spiro atoms. The molecule has 2 aromatic rings. The number of ketones is 1. The van der Waals surface area contributed by atoms with Gasteiger partial charge in [0.05, 0.1) is 0 Å². The molecule has 0 aliphatic carbocycles. The minimum absolute atomic E-state index is 0.142. The molecule has 1 N–H and O–H groups in total. The largest absolute Gasteiger partial charge is 0.508 e. The van der Waals surface area contributed by atoms with E-state index in [9.17, 15) is 4.79 Å². The first-order valence-corrected chi connectivity index (χ1v) is 5.42. The van der Waals surface area contributed by atoms with Crippen molar-refractivity contribution in [1.29, 1.82) is 0 Å². The van der Waals surface area contributed by atoms with Crippen molar-refractivity contribution < 1.29 is 9.90 Å². The second-order valence-corrected chi connectivity index (χ2v) is 3.92. The first-order chi connectivity index (χ1) is 8.24. The van der Waals surface area contributed by atoms with Gasteiger partial charge in [0.1, 0.15) is 11.5 Å². The number of pyridine rings is 1. The zero-order valence-corrected chi connectivity index (χ0v) is 9.34. The van der Waals surface area contributed by atoms with E-state index in [1.54, 1.807) is 36.7 Å². The maximum Gasteiger partial charge on any atom is 0.141 e. The molecule has 3 heteroatoms. The van der Waals surface area contributed by atoms with Crippen molar-refractivity contribution in [1.82, 2.24) is 4.98 Å². The average molecular weight is 227 g/mol. The molecular weight excluding hydrogens is 214 g/mol. The van der Waals surface area contributed by atoms with E-state index in [-0.39, 0.29) is 11.5 Å². The van der Waals surface area contributed by atoms with Gasteiger partial charge in [-0.2, -0.15) is 0 Å². The Morgan fingerprint density at radius 1 is 1.06 bits per heavy atom. The van der Waals surface area contributed by atoms with Gasteiger partial charge in [-0.25, -0.2) is 0 Å². The molecule has 0 bridgehead atoms. The Hall–Kier alpha value is -2.16. The van der Waals surface area contributed by atoms with Crippen molar-refractivity contribution >= 4 is 5.78 Å². The number of benzene rings is 1. The number of carbonyl (C=O) groups excluding carboxylic acids is 1. The normalized spacial score (nSPS) is 10.1. The maximum absolute atomic E-state index is 11.8. The van der Waals surface area contributed by atoms with E-state index >= 15 is 0 Å². The molecule has 0 saturated heterocycles. The number of phenolic OH excluding ortho intramolecular Hbond substituents is 1. The molecule has 0 unspecified atom stereocenters. The predicted octanol–water partition coefficient (Wildman–Crippen LogP) is 2.14. The summed E-state index contributed by atoms with van der Waals surface area (Å²) in [6, 6.07) is 10.4. The number of carbonyl (C=O) groups is 1. The highest BCUT2D eigenvalue weighted by molar-refractivity contribution is 5.83. The van der Waals surface area contributed by atoms with E-state index in [0.717, 1.165) is 11.1 Å². The van der Waals surface area contributed by atoms with Gasteiger partial charge >= 0.3 is 0 Å². The van der Waals surface area contributed by atoms with Crippen molar-refractivity contribution in [3.05, 3.63) is 59.9 Å². The third-order valence-electron chi connectivity index (χ3n) is 2.46. The zero-order chi connectivity index (χ0) is 12.1. The first kappa shape index (κ1) is 11.3. The molecule has 0 aliphatic heterocycles. The van der Waals surface area contributed by atoms with Crippen molar-refractivity contribution in [3.8, 4) is 5.75 Å². The molecule has 3 nitrogen and oxygen atoms in total. The van der Waals surface area contributed by atoms with Gasteiger partial charge in [0.25, 0.3) is 0 Å². The number of rotatable bonds is 4. The van der Waals surface area contributed by atoms with Crippen LogP contribution in [0.2, 0.25) is 0 Å². The molecule has 0 radical (unpaired) electrons. The van der Waals surface area contributed by atoms with Gasteiger partial charge in [0.15, 0.2) is 0 Å². The van der Waals surface area contributed by atoms with E-state index < -0.39 is 0 Å². The lowest BCUT2D eigenvalue weighted by Gasteiger charge is -2.01. The smallest absolute Gasteiger partial charge is 0.141 e. The van der Waals surface area contributed by atoms with Gasteiger partial charge in [-0.05, 0) is 29.3 Å². The Bertz CT molecular complexity index is 491. The predicted molar refractivity (Wildman–Crippen MR) is 64.8 cm³/mol. The average Bonchev–Trinajstić information content (AvgIpc) is 2.33. The number of aromatic nitrogens is 1. The van der Waals surface area contributed by atoms with Gasteiger partial charge in [0.2, 0.25) is 0 Å². The van der Waals surface area contributed by atoms with Crippen LogP contribution >= 0.6 is 0 Å². The Morgan fingerprint density at radius 3 is 2.41 bits per heavy atom. The SMILES string of the molecule is O=C(Cc1ccc(O)cc1)Cc1cccnc1. The summed E-state index contributed by atoms with van der Waals surface area (Å²) in [4.78, 5) is 15.7. The summed E-state index contributed by atoms with van der Waals surface area (Å²) >= 11 is 0. The van der Waals surface area contributed by atoms with Crippen molar-refractivity contribution in [3.63, 3.8) is 0 Å². The van der Waals surface area contributed by atoms with E-state index in [1.807, 2.05) is 12.1 Å². The molecule has 0 amide bonds. The van der Waals surface area contributed by atoms with E-state index in [0.29, 0.717) is 12.8 Å². The molecule has 1 aromatic carbocycles.